The van der Waals surface area contributed by atoms with Crippen LogP contribution in [0.5, 0.6) is 0 Å². The maximum absolute atomic E-state index is 14.0. The SMILES string of the molecule is CCCC(CCC)S(=O)(=O)CC(N)(C(=O)N[C@@H](Cc1cc(F)cc(F)c1)[C@H](O)CNC1CC1)C(=O)OCc1ccccc1. The number of amides is 1. The Morgan fingerprint density at radius 2 is 1.65 bits per heavy atom. The summed E-state index contributed by atoms with van der Waals surface area (Å²) in [5, 5.41) is 15.9. The number of carbonyl (C=O) groups excluding carboxylic acids is 2. The number of rotatable bonds is 18. The molecule has 1 saturated carbocycles. The van der Waals surface area contributed by atoms with Gasteiger partial charge in [-0.25, -0.2) is 22.0 Å². The first-order valence-electron chi connectivity index (χ1n) is 14.8. The van der Waals surface area contributed by atoms with E-state index in [1.54, 1.807) is 30.3 Å². The normalized spacial score (nSPS) is 16.3. The van der Waals surface area contributed by atoms with Crippen LogP contribution in [0.3, 0.4) is 0 Å². The Hall–Kier alpha value is -2.93. The molecule has 12 heteroatoms. The van der Waals surface area contributed by atoms with Crippen molar-refractivity contribution < 1.29 is 36.6 Å². The van der Waals surface area contributed by atoms with Gasteiger partial charge in [-0.1, -0.05) is 57.0 Å². The summed E-state index contributed by atoms with van der Waals surface area (Å²) < 4.78 is 60.4. The van der Waals surface area contributed by atoms with Crippen molar-refractivity contribution in [3.63, 3.8) is 0 Å². The molecule has 238 valence electrons. The first-order chi connectivity index (χ1) is 20.4. The third-order valence-electron chi connectivity index (χ3n) is 7.49. The van der Waals surface area contributed by atoms with Crippen molar-refractivity contribution in [2.24, 2.45) is 5.73 Å². The highest BCUT2D eigenvalue weighted by Gasteiger charge is 2.49. The van der Waals surface area contributed by atoms with Crippen LogP contribution in [0.25, 0.3) is 0 Å². The van der Waals surface area contributed by atoms with Crippen LogP contribution in [-0.4, -0.2) is 66.7 Å². The molecule has 3 rings (SSSR count). The van der Waals surface area contributed by atoms with Crippen molar-refractivity contribution in [3.8, 4) is 0 Å². The average molecular weight is 624 g/mol. The molecule has 0 radical (unpaired) electrons. The van der Waals surface area contributed by atoms with Gasteiger partial charge in [-0.2, -0.15) is 0 Å². The lowest BCUT2D eigenvalue weighted by Gasteiger charge is -2.32. The van der Waals surface area contributed by atoms with Crippen molar-refractivity contribution in [2.45, 2.75) is 94.4 Å². The highest BCUT2D eigenvalue weighted by Crippen LogP contribution is 2.22. The van der Waals surface area contributed by atoms with Crippen LogP contribution >= 0.6 is 0 Å². The van der Waals surface area contributed by atoms with Crippen molar-refractivity contribution >= 4 is 21.7 Å². The smallest absolute Gasteiger partial charge is 0.337 e. The standard InChI is InChI=1S/C31H43F2N3O6S/c1-3-8-26(9-4-2)43(40,41)20-31(34,30(39)42-19-21-10-6-5-7-11-21)29(38)36-27(28(37)18-35-25-12-13-25)16-22-14-23(32)17-24(33)15-22/h5-7,10-11,14-15,17,25-28,35,37H,3-4,8-9,12-13,16,18-20,34H2,1-2H3,(H,36,38)/t27-,28+,31?/m0/s1. The molecular weight excluding hydrogens is 580 g/mol. The quantitative estimate of drug-likeness (QED) is 0.146. The van der Waals surface area contributed by atoms with E-state index >= 15 is 0 Å². The second-order valence-electron chi connectivity index (χ2n) is 11.4. The molecule has 9 nitrogen and oxygen atoms in total. The number of nitrogens with one attached hydrogen (secondary N) is 2. The van der Waals surface area contributed by atoms with E-state index in [0.717, 1.165) is 25.0 Å². The summed E-state index contributed by atoms with van der Waals surface area (Å²) in [6.45, 7) is 3.47. The lowest BCUT2D eigenvalue weighted by Crippen LogP contribution is -2.67. The number of halogens is 2. The van der Waals surface area contributed by atoms with Crippen LogP contribution < -0.4 is 16.4 Å². The zero-order chi connectivity index (χ0) is 31.6. The number of hydrogen-bond donors (Lipinski definition) is 4. The minimum atomic E-state index is -4.08. The van der Waals surface area contributed by atoms with E-state index in [0.29, 0.717) is 37.3 Å². The summed E-state index contributed by atoms with van der Waals surface area (Å²) in [5.74, 6) is -5.11. The summed E-state index contributed by atoms with van der Waals surface area (Å²) >= 11 is 0. The van der Waals surface area contributed by atoms with Crippen LogP contribution in [0.1, 0.15) is 63.5 Å². The summed E-state index contributed by atoms with van der Waals surface area (Å²) in [5.41, 5.74) is 4.48. The van der Waals surface area contributed by atoms with Gasteiger partial charge in [0.2, 0.25) is 5.54 Å². The Balaban J connectivity index is 1.92. The summed E-state index contributed by atoms with van der Waals surface area (Å²) in [6, 6.07) is 10.5. The van der Waals surface area contributed by atoms with Gasteiger partial charge in [-0.05, 0) is 55.4 Å². The molecule has 1 unspecified atom stereocenters. The highest BCUT2D eigenvalue weighted by atomic mass is 32.2. The topological polar surface area (TPSA) is 148 Å². The van der Waals surface area contributed by atoms with Crippen molar-refractivity contribution in [1.29, 1.82) is 0 Å². The van der Waals surface area contributed by atoms with Crippen LogP contribution in [0.15, 0.2) is 48.5 Å². The third-order valence-corrected chi connectivity index (χ3v) is 9.84. The second-order valence-corrected chi connectivity index (χ2v) is 13.6. The van der Waals surface area contributed by atoms with Crippen molar-refractivity contribution in [2.75, 3.05) is 12.3 Å². The fourth-order valence-electron chi connectivity index (χ4n) is 4.93. The van der Waals surface area contributed by atoms with Gasteiger partial charge in [0.25, 0.3) is 5.91 Å². The lowest BCUT2D eigenvalue weighted by molar-refractivity contribution is -0.155. The first kappa shape index (κ1) is 34.6. The molecule has 1 fully saturated rings. The van der Waals surface area contributed by atoms with E-state index in [-0.39, 0.29) is 31.2 Å². The maximum atomic E-state index is 14.0. The number of nitrogens with two attached hydrogens (primary N) is 1. The largest absolute Gasteiger partial charge is 0.459 e. The maximum Gasteiger partial charge on any atom is 0.337 e. The van der Waals surface area contributed by atoms with E-state index in [4.69, 9.17) is 10.5 Å². The molecule has 0 spiro atoms. The molecule has 0 saturated heterocycles. The molecule has 1 aliphatic carbocycles. The van der Waals surface area contributed by atoms with Gasteiger partial charge in [0.05, 0.1) is 23.1 Å². The Kier molecular flexibility index (Phi) is 12.6. The van der Waals surface area contributed by atoms with E-state index in [1.807, 2.05) is 13.8 Å². The monoisotopic (exact) mass is 623 g/mol. The number of sulfone groups is 1. The van der Waals surface area contributed by atoms with Crippen LogP contribution in [0.2, 0.25) is 0 Å². The number of esters is 1. The number of aliphatic hydroxyl groups excluding tert-OH is 1. The molecule has 2 aromatic carbocycles. The Morgan fingerprint density at radius 1 is 1.05 bits per heavy atom. The van der Waals surface area contributed by atoms with Gasteiger partial charge in [0.1, 0.15) is 18.2 Å². The minimum absolute atomic E-state index is 0.0385. The number of carbonyl (C=O) groups is 2. The van der Waals surface area contributed by atoms with Gasteiger partial charge in [-0.3, -0.25) is 4.79 Å². The zero-order valence-corrected chi connectivity index (χ0v) is 25.5. The van der Waals surface area contributed by atoms with Crippen molar-refractivity contribution in [3.05, 3.63) is 71.3 Å². The summed E-state index contributed by atoms with van der Waals surface area (Å²) in [4.78, 5) is 27.3. The van der Waals surface area contributed by atoms with E-state index in [1.165, 1.54) is 0 Å². The molecule has 5 N–H and O–H groups in total. The predicted octanol–water partition coefficient (Wildman–Crippen LogP) is 2.93. The third kappa shape index (κ3) is 10.3. The lowest BCUT2D eigenvalue weighted by atomic mass is 9.97. The highest BCUT2D eigenvalue weighted by molar-refractivity contribution is 7.92. The van der Waals surface area contributed by atoms with Gasteiger partial charge in [0, 0.05) is 18.7 Å². The van der Waals surface area contributed by atoms with E-state index < -0.39 is 62.0 Å². The van der Waals surface area contributed by atoms with E-state index in [9.17, 15) is 31.9 Å². The minimum Gasteiger partial charge on any atom is -0.459 e. The number of ether oxygens (including phenoxy) is 1. The van der Waals surface area contributed by atoms with Crippen molar-refractivity contribution in [1.82, 2.24) is 10.6 Å². The molecule has 43 heavy (non-hydrogen) atoms. The molecule has 0 aromatic heterocycles. The molecule has 2 aromatic rings. The Morgan fingerprint density at radius 3 is 2.21 bits per heavy atom. The van der Waals surface area contributed by atoms with Gasteiger partial charge in [0.15, 0.2) is 9.84 Å². The fourth-order valence-corrected chi connectivity index (χ4v) is 7.24. The molecule has 0 bridgehead atoms. The molecule has 3 atom stereocenters. The predicted molar refractivity (Wildman–Crippen MR) is 160 cm³/mol. The Bertz CT molecular complexity index is 1300. The average Bonchev–Trinajstić information content (AvgIpc) is 3.78. The van der Waals surface area contributed by atoms with Crippen LogP contribution in [0, 0.1) is 11.6 Å². The second kappa shape index (κ2) is 15.7. The fraction of sp³-hybridized carbons (Fsp3) is 0.548. The summed E-state index contributed by atoms with van der Waals surface area (Å²) in [7, 11) is -4.08. The molecule has 1 amide bonds. The number of hydrogen-bond acceptors (Lipinski definition) is 8. The zero-order valence-electron chi connectivity index (χ0n) is 24.7. The van der Waals surface area contributed by atoms with Gasteiger partial charge in [-0.15, -0.1) is 0 Å². The number of aliphatic hydroxyl groups is 1. The molecule has 1 aliphatic rings. The summed E-state index contributed by atoms with van der Waals surface area (Å²) in [6.07, 6.45) is 2.16. The first-order valence-corrected chi connectivity index (χ1v) is 16.5. The molecule has 0 aliphatic heterocycles. The van der Waals surface area contributed by atoms with E-state index in [2.05, 4.69) is 10.6 Å². The molecular formula is C31H43F2N3O6S. The number of benzene rings is 2. The van der Waals surface area contributed by atoms with Crippen LogP contribution in [0.4, 0.5) is 8.78 Å². The van der Waals surface area contributed by atoms with Crippen LogP contribution in [-0.2, 0) is 37.2 Å². The Labute approximate surface area is 252 Å². The molecule has 0 heterocycles. The van der Waals surface area contributed by atoms with Gasteiger partial charge >= 0.3 is 5.97 Å². The van der Waals surface area contributed by atoms with Gasteiger partial charge < -0.3 is 26.2 Å².